The predicted octanol–water partition coefficient (Wildman–Crippen LogP) is 1.21. The molecule has 0 fully saturated rings. The van der Waals surface area contributed by atoms with Gasteiger partial charge in [-0.25, -0.2) is 13.1 Å². The standard InChI is InChI=1S/C11H14BrNO4S/c1-8-5-3-4-6-10(8)18(15,16)13-7-9(12)11(14)17-2/h3-6,9,13H,7H2,1-2H3. The highest BCUT2D eigenvalue weighted by molar-refractivity contribution is 9.10. The van der Waals surface area contributed by atoms with Gasteiger partial charge in [0.15, 0.2) is 0 Å². The molecule has 0 saturated carbocycles. The SMILES string of the molecule is COC(=O)C(Br)CNS(=O)(=O)c1ccccc1C. The topological polar surface area (TPSA) is 72.5 Å². The zero-order valence-electron chi connectivity index (χ0n) is 10.0. The lowest BCUT2D eigenvalue weighted by Crippen LogP contribution is -2.34. The van der Waals surface area contributed by atoms with Gasteiger partial charge in [-0.15, -0.1) is 0 Å². The third kappa shape index (κ3) is 3.79. The van der Waals surface area contributed by atoms with Gasteiger partial charge in [0.25, 0.3) is 0 Å². The van der Waals surface area contributed by atoms with Gasteiger partial charge in [-0.05, 0) is 18.6 Å². The number of ether oxygens (including phenoxy) is 1. The Balaban J connectivity index is 2.78. The number of methoxy groups -OCH3 is 1. The van der Waals surface area contributed by atoms with Gasteiger partial charge in [-0.1, -0.05) is 34.1 Å². The van der Waals surface area contributed by atoms with E-state index in [2.05, 4.69) is 25.4 Å². The quantitative estimate of drug-likeness (QED) is 0.648. The molecule has 0 aromatic heterocycles. The van der Waals surface area contributed by atoms with E-state index in [1.165, 1.54) is 13.2 Å². The molecule has 0 radical (unpaired) electrons. The molecule has 7 heteroatoms. The highest BCUT2D eigenvalue weighted by atomic mass is 79.9. The van der Waals surface area contributed by atoms with E-state index < -0.39 is 20.8 Å². The van der Waals surface area contributed by atoms with E-state index in [4.69, 9.17) is 0 Å². The third-order valence-corrected chi connectivity index (χ3v) is 4.57. The molecule has 0 aliphatic carbocycles. The predicted molar refractivity (Wildman–Crippen MR) is 71.1 cm³/mol. The Morgan fingerprint density at radius 2 is 2.06 bits per heavy atom. The Morgan fingerprint density at radius 1 is 1.44 bits per heavy atom. The van der Waals surface area contributed by atoms with Crippen molar-refractivity contribution >= 4 is 31.9 Å². The fourth-order valence-corrected chi connectivity index (χ4v) is 3.18. The number of rotatable bonds is 5. The van der Waals surface area contributed by atoms with Crippen LogP contribution in [0.15, 0.2) is 29.2 Å². The minimum Gasteiger partial charge on any atom is -0.468 e. The number of benzene rings is 1. The molecule has 0 saturated heterocycles. The van der Waals surface area contributed by atoms with Crippen molar-refractivity contribution < 1.29 is 17.9 Å². The number of alkyl halides is 1. The maximum absolute atomic E-state index is 12.0. The molecule has 0 heterocycles. The van der Waals surface area contributed by atoms with Crippen LogP contribution in [0.4, 0.5) is 0 Å². The van der Waals surface area contributed by atoms with Crippen molar-refractivity contribution in [2.45, 2.75) is 16.6 Å². The second-order valence-electron chi connectivity index (χ2n) is 3.61. The van der Waals surface area contributed by atoms with Gasteiger partial charge in [0.1, 0.15) is 4.83 Å². The van der Waals surface area contributed by atoms with Crippen LogP contribution in [-0.4, -0.2) is 32.9 Å². The molecule has 1 atom stereocenters. The van der Waals surface area contributed by atoms with Crippen molar-refractivity contribution in [3.8, 4) is 0 Å². The molecule has 0 amide bonds. The summed E-state index contributed by atoms with van der Waals surface area (Å²) in [5, 5.41) is 0. The Hall–Kier alpha value is -0.920. The molecular formula is C11H14BrNO4S. The molecule has 100 valence electrons. The Bertz CT molecular complexity index is 530. The van der Waals surface area contributed by atoms with Crippen LogP contribution in [-0.2, 0) is 19.6 Å². The van der Waals surface area contributed by atoms with Gasteiger partial charge in [-0.3, -0.25) is 4.79 Å². The number of sulfonamides is 1. The molecule has 1 aromatic rings. The Labute approximate surface area is 115 Å². The van der Waals surface area contributed by atoms with Crippen LogP contribution >= 0.6 is 15.9 Å². The van der Waals surface area contributed by atoms with Gasteiger partial charge in [-0.2, -0.15) is 0 Å². The first kappa shape index (κ1) is 15.1. The van der Waals surface area contributed by atoms with Crippen LogP contribution in [0, 0.1) is 6.92 Å². The van der Waals surface area contributed by atoms with Crippen LogP contribution in [0.5, 0.6) is 0 Å². The Morgan fingerprint density at radius 3 is 2.61 bits per heavy atom. The minimum atomic E-state index is -3.62. The number of carbonyl (C=O) groups excluding carboxylic acids is 1. The van der Waals surface area contributed by atoms with E-state index >= 15 is 0 Å². The summed E-state index contributed by atoms with van der Waals surface area (Å²) >= 11 is 3.05. The molecule has 0 bridgehead atoms. The first-order valence-corrected chi connectivity index (χ1v) is 7.55. The molecular weight excluding hydrogens is 322 g/mol. The average molecular weight is 336 g/mol. The largest absolute Gasteiger partial charge is 0.468 e. The fraction of sp³-hybridized carbons (Fsp3) is 0.364. The second kappa shape index (κ2) is 6.31. The lowest BCUT2D eigenvalue weighted by molar-refractivity contribution is -0.139. The van der Waals surface area contributed by atoms with Crippen LogP contribution in [0.1, 0.15) is 5.56 Å². The van der Waals surface area contributed by atoms with Gasteiger partial charge >= 0.3 is 5.97 Å². The highest BCUT2D eigenvalue weighted by Gasteiger charge is 2.21. The summed E-state index contributed by atoms with van der Waals surface area (Å²) in [6.45, 7) is 1.64. The van der Waals surface area contributed by atoms with Crippen LogP contribution in [0.3, 0.4) is 0 Å². The normalized spacial score (nSPS) is 13.1. The first-order valence-electron chi connectivity index (χ1n) is 5.15. The lowest BCUT2D eigenvalue weighted by atomic mass is 10.2. The lowest BCUT2D eigenvalue weighted by Gasteiger charge is -2.11. The van der Waals surface area contributed by atoms with Crippen molar-refractivity contribution in [1.82, 2.24) is 4.72 Å². The minimum absolute atomic E-state index is 0.0661. The smallest absolute Gasteiger partial charge is 0.320 e. The molecule has 1 aromatic carbocycles. The number of aryl methyl sites for hydroxylation is 1. The summed E-state index contributed by atoms with van der Waals surface area (Å²) in [6.07, 6.45) is 0. The van der Waals surface area contributed by atoms with E-state index in [-0.39, 0.29) is 11.4 Å². The second-order valence-corrected chi connectivity index (χ2v) is 6.45. The van der Waals surface area contributed by atoms with E-state index in [1.54, 1.807) is 25.1 Å². The van der Waals surface area contributed by atoms with Crippen LogP contribution in [0.2, 0.25) is 0 Å². The summed E-state index contributed by atoms with van der Waals surface area (Å²) in [5.74, 6) is -0.525. The van der Waals surface area contributed by atoms with Gasteiger partial charge < -0.3 is 4.74 Å². The number of carbonyl (C=O) groups is 1. The summed E-state index contributed by atoms with van der Waals surface area (Å²) in [4.78, 5) is 10.6. The number of halogens is 1. The molecule has 18 heavy (non-hydrogen) atoms. The summed E-state index contributed by atoms with van der Waals surface area (Å²) < 4.78 is 30.8. The molecule has 0 aliphatic heterocycles. The maximum atomic E-state index is 12.0. The summed E-state index contributed by atoms with van der Waals surface area (Å²) in [6, 6.07) is 6.63. The Kier molecular flexibility index (Phi) is 5.30. The molecule has 1 rings (SSSR count). The zero-order chi connectivity index (χ0) is 13.8. The van der Waals surface area contributed by atoms with Gasteiger partial charge in [0.2, 0.25) is 10.0 Å². The van der Waals surface area contributed by atoms with E-state index in [9.17, 15) is 13.2 Å². The van der Waals surface area contributed by atoms with Crippen molar-refractivity contribution in [2.75, 3.05) is 13.7 Å². The highest BCUT2D eigenvalue weighted by Crippen LogP contribution is 2.14. The maximum Gasteiger partial charge on any atom is 0.320 e. The number of nitrogens with one attached hydrogen (secondary N) is 1. The van der Waals surface area contributed by atoms with Crippen molar-refractivity contribution in [3.05, 3.63) is 29.8 Å². The van der Waals surface area contributed by atoms with Gasteiger partial charge in [0.05, 0.1) is 12.0 Å². The fourth-order valence-electron chi connectivity index (χ4n) is 1.33. The van der Waals surface area contributed by atoms with Crippen molar-refractivity contribution in [1.29, 1.82) is 0 Å². The van der Waals surface area contributed by atoms with Crippen LogP contribution in [0.25, 0.3) is 0 Å². The summed E-state index contributed by atoms with van der Waals surface area (Å²) in [5.41, 5.74) is 0.647. The molecule has 0 aliphatic rings. The van der Waals surface area contributed by atoms with E-state index in [0.29, 0.717) is 5.56 Å². The number of hydrogen-bond donors (Lipinski definition) is 1. The third-order valence-electron chi connectivity index (χ3n) is 2.29. The van der Waals surface area contributed by atoms with E-state index in [0.717, 1.165) is 0 Å². The number of hydrogen-bond acceptors (Lipinski definition) is 4. The molecule has 1 N–H and O–H groups in total. The molecule has 5 nitrogen and oxygen atoms in total. The molecule has 1 unspecified atom stereocenters. The van der Waals surface area contributed by atoms with Crippen molar-refractivity contribution in [2.24, 2.45) is 0 Å². The van der Waals surface area contributed by atoms with E-state index in [1.807, 2.05) is 0 Å². The molecule has 0 spiro atoms. The van der Waals surface area contributed by atoms with Crippen LogP contribution < -0.4 is 4.72 Å². The summed E-state index contributed by atoms with van der Waals surface area (Å²) in [7, 11) is -2.37. The van der Waals surface area contributed by atoms with Gasteiger partial charge in [0, 0.05) is 6.54 Å². The average Bonchev–Trinajstić information content (AvgIpc) is 2.35. The number of esters is 1. The zero-order valence-corrected chi connectivity index (χ0v) is 12.4. The first-order chi connectivity index (χ1) is 8.38. The monoisotopic (exact) mass is 335 g/mol. The van der Waals surface area contributed by atoms with Crippen molar-refractivity contribution in [3.63, 3.8) is 0 Å².